The molecule has 2 rings (SSSR count). The Morgan fingerprint density at radius 3 is 2.43 bits per heavy atom. The lowest BCUT2D eigenvalue weighted by Crippen LogP contribution is -2.36. The third-order valence-corrected chi connectivity index (χ3v) is 6.37. The highest BCUT2D eigenvalue weighted by atomic mass is 15.2. The van der Waals surface area contributed by atoms with Gasteiger partial charge in [0.15, 0.2) is 0 Å². The van der Waals surface area contributed by atoms with Gasteiger partial charge in [0.05, 0.1) is 6.67 Å². The van der Waals surface area contributed by atoms with E-state index in [1.165, 1.54) is 56.1 Å². The summed E-state index contributed by atoms with van der Waals surface area (Å²) in [6.45, 7) is 19.6. The van der Waals surface area contributed by atoms with Crippen LogP contribution in [0.25, 0.3) is 0 Å². The molecule has 3 N–H and O–H groups in total. The maximum Gasteiger partial charge on any atom is 0.0673 e. The average Bonchev–Trinajstić information content (AvgIpc) is 3.52. The largest absolute Gasteiger partial charge is 0.368 e. The lowest BCUT2D eigenvalue weighted by molar-refractivity contribution is 0.325. The fourth-order valence-electron chi connectivity index (χ4n) is 4.26. The van der Waals surface area contributed by atoms with E-state index in [1.54, 1.807) is 0 Å². The number of nitrogens with zero attached hydrogens (tertiary/aromatic N) is 1. The fourth-order valence-corrected chi connectivity index (χ4v) is 4.26. The first kappa shape index (κ1) is 24.7. The molecule has 0 aromatic rings. The van der Waals surface area contributed by atoms with Gasteiger partial charge in [-0.1, -0.05) is 44.9 Å². The molecule has 0 aromatic heterocycles. The summed E-state index contributed by atoms with van der Waals surface area (Å²) in [7, 11) is 2.12. The van der Waals surface area contributed by atoms with Crippen molar-refractivity contribution < 1.29 is 0 Å². The van der Waals surface area contributed by atoms with Gasteiger partial charge in [0.1, 0.15) is 0 Å². The summed E-state index contributed by atoms with van der Waals surface area (Å²) in [5, 5.41) is 10.6. The Morgan fingerprint density at radius 2 is 1.83 bits per heavy atom. The van der Waals surface area contributed by atoms with E-state index in [0.29, 0.717) is 5.92 Å². The van der Waals surface area contributed by atoms with Crippen LogP contribution in [0.4, 0.5) is 0 Å². The molecule has 0 radical (unpaired) electrons. The maximum absolute atomic E-state index is 4.37. The van der Waals surface area contributed by atoms with Gasteiger partial charge in [-0.25, -0.2) is 0 Å². The van der Waals surface area contributed by atoms with Crippen LogP contribution in [0.15, 0.2) is 48.0 Å². The standard InChI is InChI=1S/C26H46N4/c1-7-8-25(17-23-9-10-23)21(4)29-22(5)26(20(2)3)13-16-30(6)19-28-18-24-11-14-27-15-12-24/h13,16,23-25,27-29H,4-5,7-12,14-15,17-19H2,1-3,6H3/b16-13-. The SMILES string of the molecule is C=C(NC(=C)C(CCC)CC1CC1)C(/C=C\N(C)CNCC1CCNCC1)=C(C)C. The van der Waals surface area contributed by atoms with Crippen LogP contribution in [0.1, 0.15) is 65.7 Å². The van der Waals surface area contributed by atoms with Crippen LogP contribution in [0.5, 0.6) is 0 Å². The second-order valence-electron chi connectivity index (χ2n) is 9.59. The van der Waals surface area contributed by atoms with E-state index >= 15 is 0 Å². The number of allylic oxidation sites excluding steroid dienone is 3. The van der Waals surface area contributed by atoms with Gasteiger partial charge in [0, 0.05) is 24.6 Å². The van der Waals surface area contributed by atoms with Crippen molar-refractivity contribution in [2.24, 2.45) is 17.8 Å². The Morgan fingerprint density at radius 1 is 1.13 bits per heavy atom. The molecule has 1 aliphatic heterocycles. The van der Waals surface area contributed by atoms with Crippen LogP contribution in [0.2, 0.25) is 0 Å². The van der Waals surface area contributed by atoms with Gasteiger partial charge in [-0.05, 0) is 88.6 Å². The van der Waals surface area contributed by atoms with E-state index in [2.05, 4.69) is 74.1 Å². The van der Waals surface area contributed by atoms with Gasteiger partial charge in [0.2, 0.25) is 0 Å². The van der Waals surface area contributed by atoms with Crippen LogP contribution >= 0.6 is 0 Å². The predicted molar refractivity (Wildman–Crippen MR) is 131 cm³/mol. The summed E-state index contributed by atoms with van der Waals surface area (Å²) in [5.41, 5.74) is 4.53. The lowest BCUT2D eigenvalue weighted by Gasteiger charge is -2.24. The quantitative estimate of drug-likeness (QED) is 0.272. The zero-order valence-corrected chi connectivity index (χ0v) is 20.0. The molecule has 1 atom stereocenters. The van der Waals surface area contributed by atoms with Crippen LogP contribution in [0.3, 0.4) is 0 Å². The van der Waals surface area contributed by atoms with Crippen molar-refractivity contribution in [3.05, 3.63) is 48.0 Å². The Labute approximate surface area is 186 Å². The molecule has 4 nitrogen and oxygen atoms in total. The summed E-state index contributed by atoms with van der Waals surface area (Å²) in [6, 6.07) is 0. The summed E-state index contributed by atoms with van der Waals surface area (Å²) in [4.78, 5) is 2.21. The number of rotatable bonds is 14. The number of nitrogens with one attached hydrogen (secondary N) is 3. The molecule has 2 aliphatic rings. The van der Waals surface area contributed by atoms with E-state index < -0.39 is 0 Å². The van der Waals surface area contributed by atoms with Crippen LogP contribution < -0.4 is 16.0 Å². The smallest absolute Gasteiger partial charge is 0.0673 e. The van der Waals surface area contributed by atoms with Crippen molar-refractivity contribution in [1.82, 2.24) is 20.9 Å². The Kier molecular flexibility index (Phi) is 10.7. The highest BCUT2D eigenvalue weighted by molar-refractivity contribution is 5.41. The first-order valence-electron chi connectivity index (χ1n) is 12.0. The van der Waals surface area contributed by atoms with Crippen molar-refractivity contribution >= 4 is 0 Å². The zero-order chi connectivity index (χ0) is 21.9. The molecule has 30 heavy (non-hydrogen) atoms. The molecular weight excluding hydrogens is 368 g/mol. The average molecular weight is 415 g/mol. The molecule has 2 fully saturated rings. The predicted octanol–water partition coefficient (Wildman–Crippen LogP) is 5.15. The minimum atomic E-state index is 0.559. The number of piperidine rings is 1. The van der Waals surface area contributed by atoms with Crippen LogP contribution in [-0.4, -0.2) is 38.3 Å². The van der Waals surface area contributed by atoms with E-state index in [4.69, 9.17) is 0 Å². The molecule has 4 heteroatoms. The molecule has 1 saturated carbocycles. The molecule has 1 aliphatic carbocycles. The van der Waals surface area contributed by atoms with E-state index in [1.807, 2.05) is 0 Å². The Hall–Kier alpha value is -1.52. The summed E-state index contributed by atoms with van der Waals surface area (Å²) < 4.78 is 0. The van der Waals surface area contributed by atoms with Crippen molar-refractivity contribution in [2.75, 3.05) is 33.4 Å². The highest BCUT2D eigenvalue weighted by Gasteiger charge is 2.26. The monoisotopic (exact) mass is 414 g/mol. The second kappa shape index (κ2) is 13.0. The molecule has 0 spiro atoms. The van der Waals surface area contributed by atoms with E-state index in [-0.39, 0.29) is 0 Å². The van der Waals surface area contributed by atoms with Crippen molar-refractivity contribution in [3.63, 3.8) is 0 Å². The van der Waals surface area contributed by atoms with Crippen molar-refractivity contribution in [2.45, 2.75) is 65.7 Å². The molecule has 1 unspecified atom stereocenters. The molecule has 0 amide bonds. The highest BCUT2D eigenvalue weighted by Crippen LogP contribution is 2.38. The molecular formula is C26H46N4. The van der Waals surface area contributed by atoms with E-state index in [0.717, 1.165) is 49.5 Å². The zero-order valence-electron chi connectivity index (χ0n) is 20.0. The maximum atomic E-state index is 4.37. The first-order chi connectivity index (χ1) is 14.4. The summed E-state index contributed by atoms with van der Waals surface area (Å²) in [5.74, 6) is 2.28. The van der Waals surface area contributed by atoms with Crippen molar-refractivity contribution in [3.8, 4) is 0 Å². The third-order valence-electron chi connectivity index (χ3n) is 6.37. The Bertz CT molecular complexity index is 605. The number of hydrogen-bond donors (Lipinski definition) is 3. The van der Waals surface area contributed by atoms with Gasteiger partial charge in [0.25, 0.3) is 0 Å². The van der Waals surface area contributed by atoms with Crippen molar-refractivity contribution in [1.29, 1.82) is 0 Å². The molecule has 1 heterocycles. The van der Waals surface area contributed by atoms with Gasteiger partial charge < -0.3 is 15.5 Å². The summed E-state index contributed by atoms with van der Waals surface area (Å²) in [6.07, 6.45) is 13.4. The molecule has 1 saturated heterocycles. The lowest BCUT2D eigenvalue weighted by atomic mass is 9.93. The van der Waals surface area contributed by atoms with Gasteiger partial charge in [-0.2, -0.15) is 0 Å². The first-order valence-corrected chi connectivity index (χ1v) is 12.0. The minimum Gasteiger partial charge on any atom is -0.368 e. The van der Waals surface area contributed by atoms with Gasteiger partial charge >= 0.3 is 0 Å². The van der Waals surface area contributed by atoms with Crippen LogP contribution in [-0.2, 0) is 0 Å². The molecule has 0 aromatic carbocycles. The minimum absolute atomic E-state index is 0.559. The topological polar surface area (TPSA) is 39.3 Å². The van der Waals surface area contributed by atoms with Gasteiger partial charge in [-0.3, -0.25) is 5.32 Å². The van der Waals surface area contributed by atoms with Gasteiger partial charge in [-0.15, -0.1) is 0 Å². The Balaban J connectivity index is 1.81. The summed E-state index contributed by atoms with van der Waals surface area (Å²) >= 11 is 0. The van der Waals surface area contributed by atoms with E-state index in [9.17, 15) is 0 Å². The fraction of sp³-hybridized carbons (Fsp3) is 0.692. The van der Waals surface area contributed by atoms with Crippen LogP contribution in [0, 0.1) is 17.8 Å². The molecule has 0 bridgehead atoms. The second-order valence-corrected chi connectivity index (χ2v) is 9.59. The number of hydrogen-bond acceptors (Lipinski definition) is 4. The molecule has 170 valence electrons. The normalized spacial score (nSPS) is 18.3. The third kappa shape index (κ3) is 9.09.